The molecule has 1 aliphatic carbocycles. The Kier molecular flexibility index (Phi) is 4.56. The number of hydrogen-bond acceptors (Lipinski definition) is 3. The van der Waals surface area contributed by atoms with Gasteiger partial charge in [-0.25, -0.2) is 9.18 Å². The smallest absolute Gasteiger partial charge is 0.335 e. The third-order valence-corrected chi connectivity index (χ3v) is 7.12. The molecule has 1 saturated carbocycles. The number of piperidine rings is 1. The van der Waals surface area contributed by atoms with E-state index in [1.807, 2.05) is 0 Å². The Balaban J connectivity index is 1.52. The topological polar surface area (TPSA) is 43.8 Å². The minimum absolute atomic E-state index is 0.0662. The molecule has 0 amide bonds. The van der Waals surface area contributed by atoms with Gasteiger partial charge in [0.15, 0.2) is 0 Å². The molecule has 2 heterocycles. The summed E-state index contributed by atoms with van der Waals surface area (Å²) < 4.78 is 14.5. The van der Waals surface area contributed by atoms with Crippen molar-refractivity contribution in [1.82, 2.24) is 9.80 Å². The standard InChI is InChI=1S/C21H29FN2O2/c1-3-16-10-18-15(8-14(20(25)26)9-19(18)22)13-24(16)17-11-21(12-17)4-6-23(2)7-5-21/h8-9,16-17H,3-7,10-13H2,1-2H3,(H,25,26)/t16-/m1/s1. The van der Waals surface area contributed by atoms with E-state index in [9.17, 15) is 14.3 Å². The third kappa shape index (κ3) is 3.05. The molecule has 3 aliphatic rings. The lowest BCUT2D eigenvalue weighted by atomic mass is 9.59. The molecule has 0 aromatic heterocycles. The molecule has 1 atom stereocenters. The minimum Gasteiger partial charge on any atom is -0.478 e. The summed E-state index contributed by atoms with van der Waals surface area (Å²) in [5.41, 5.74) is 2.18. The molecule has 4 rings (SSSR count). The molecule has 1 aromatic carbocycles. The van der Waals surface area contributed by atoms with Gasteiger partial charge in [-0.15, -0.1) is 0 Å². The second-order valence-electron chi connectivity index (χ2n) is 8.70. The fourth-order valence-corrected chi connectivity index (χ4v) is 5.35. The first-order chi connectivity index (χ1) is 12.4. The van der Waals surface area contributed by atoms with Gasteiger partial charge in [-0.2, -0.15) is 0 Å². The van der Waals surface area contributed by atoms with E-state index in [1.54, 1.807) is 6.07 Å². The summed E-state index contributed by atoms with van der Waals surface area (Å²) in [4.78, 5) is 16.2. The summed E-state index contributed by atoms with van der Waals surface area (Å²) in [7, 11) is 2.20. The van der Waals surface area contributed by atoms with Gasteiger partial charge in [0.1, 0.15) is 5.82 Å². The Bertz CT molecular complexity index is 704. The highest BCUT2D eigenvalue weighted by Gasteiger charge is 2.49. The van der Waals surface area contributed by atoms with Gasteiger partial charge < -0.3 is 10.0 Å². The molecule has 1 aromatic rings. The molecule has 0 unspecified atom stereocenters. The first-order valence-electron chi connectivity index (χ1n) is 9.90. The molecule has 142 valence electrons. The van der Waals surface area contributed by atoms with Gasteiger partial charge in [-0.3, -0.25) is 4.90 Å². The van der Waals surface area contributed by atoms with Gasteiger partial charge in [0.2, 0.25) is 0 Å². The zero-order chi connectivity index (χ0) is 18.5. The van der Waals surface area contributed by atoms with Crippen molar-refractivity contribution < 1.29 is 14.3 Å². The van der Waals surface area contributed by atoms with Gasteiger partial charge in [0.25, 0.3) is 0 Å². The maximum Gasteiger partial charge on any atom is 0.335 e. The predicted octanol–water partition coefficient (Wildman–Crippen LogP) is 3.54. The fourth-order valence-electron chi connectivity index (χ4n) is 5.35. The number of fused-ring (bicyclic) bond motifs is 1. The number of carboxylic acid groups (broad SMARTS) is 1. The number of aromatic carboxylic acids is 1. The summed E-state index contributed by atoms with van der Waals surface area (Å²) in [5, 5.41) is 9.24. The van der Waals surface area contributed by atoms with E-state index in [2.05, 4.69) is 23.8 Å². The zero-order valence-corrected chi connectivity index (χ0v) is 15.8. The SMILES string of the molecule is CC[C@@H]1Cc2c(F)cc(C(=O)O)cc2CN1C1CC2(CCN(C)CC2)C1. The summed E-state index contributed by atoms with van der Waals surface area (Å²) in [6, 6.07) is 3.79. The Morgan fingerprint density at radius 2 is 2.00 bits per heavy atom. The maximum absolute atomic E-state index is 14.5. The van der Waals surface area contributed by atoms with E-state index in [0.717, 1.165) is 17.5 Å². The van der Waals surface area contributed by atoms with E-state index >= 15 is 0 Å². The van der Waals surface area contributed by atoms with Gasteiger partial charge in [-0.05, 0) is 87.3 Å². The van der Waals surface area contributed by atoms with Crippen molar-refractivity contribution in [3.63, 3.8) is 0 Å². The highest BCUT2D eigenvalue weighted by Crippen LogP contribution is 2.52. The van der Waals surface area contributed by atoms with Crippen molar-refractivity contribution >= 4 is 5.97 Å². The number of nitrogens with zero attached hydrogens (tertiary/aromatic N) is 2. The molecule has 0 bridgehead atoms. The van der Waals surface area contributed by atoms with Crippen LogP contribution < -0.4 is 0 Å². The highest BCUT2D eigenvalue weighted by molar-refractivity contribution is 5.88. The van der Waals surface area contributed by atoms with Crippen LogP contribution in [0.5, 0.6) is 0 Å². The van der Waals surface area contributed by atoms with Crippen LogP contribution in [-0.4, -0.2) is 53.1 Å². The van der Waals surface area contributed by atoms with Gasteiger partial charge in [0, 0.05) is 18.6 Å². The Hall–Kier alpha value is -1.46. The second-order valence-corrected chi connectivity index (χ2v) is 8.70. The lowest BCUT2D eigenvalue weighted by Gasteiger charge is -2.57. The maximum atomic E-state index is 14.5. The second kappa shape index (κ2) is 6.61. The Labute approximate surface area is 155 Å². The lowest BCUT2D eigenvalue weighted by Crippen LogP contribution is -2.58. The predicted molar refractivity (Wildman–Crippen MR) is 98.9 cm³/mol. The van der Waals surface area contributed by atoms with Crippen molar-refractivity contribution in [2.75, 3.05) is 20.1 Å². The quantitative estimate of drug-likeness (QED) is 0.895. The molecule has 1 saturated heterocycles. The fraction of sp³-hybridized carbons (Fsp3) is 0.667. The average molecular weight is 360 g/mol. The van der Waals surface area contributed by atoms with Crippen LogP contribution in [0.1, 0.15) is 60.5 Å². The van der Waals surface area contributed by atoms with Gasteiger partial charge >= 0.3 is 5.97 Å². The van der Waals surface area contributed by atoms with Crippen molar-refractivity contribution in [2.24, 2.45) is 5.41 Å². The normalized spacial score (nSPS) is 26.5. The highest BCUT2D eigenvalue weighted by atomic mass is 19.1. The minimum atomic E-state index is -1.05. The van der Waals surface area contributed by atoms with Crippen molar-refractivity contribution in [2.45, 2.75) is 64.1 Å². The van der Waals surface area contributed by atoms with Crippen LogP contribution in [0, 0.1) is 11.2 Å². The van der Waals surface area contributed by atoms with Crippen LogP contribution in [0.4, 0.5) is 4.39 Å². The summed E-state index contributed by atoms with van der Waals surface area (Å²) in [6.45, 7) is 5.25. The molecule has 0 radical (unpaired) electrons. The molecule has 4 nitrogen and oxygen atoms in total. The number of carboxylic acids is 1. The molecule has 1 N–H and O–H groups in total. The third-order valence-electron chi connectivity index (χ3n) is 7.12. The van der Waals surface area contributed by atoms with E-state index in [1.165, 1.54) is 44.8 Å². The van der Waals surface area contributed by atoms with Crippen LogP contribution >= 0.6 is 0 Å². The lowest BCUT2D eigenvalue weighted by molar-refractivity contribution is -0.0610. The van der Waals surface area contributed by atoms with Crippen molar-refractivity contribution in [1.29, 1.82) is 0 Å². The van der Waals surface area contributed by atoms with Crippen LogP contribution in [-0.2, 0) is 13.0 Å². The van der Waals surface area contributed by atoms with Gasteiger partial charge in [-0.1, -0.05) is 6.92 Å². The van der Waals surface area contributed by atoms with Crippen LogP contribution in [0.25, 0.3) is 0 Å². The van der Waals surface area contributed by atoms with E-state index < -0.39 is 5.97 Å². The molecule has 1 spiro atoms. The Morgan fingerprint density at radius 3 is 2.62 bits per heavy atom. The molecular weight excluding hydrogens is 331 g/mol. The summed E-state index contributed by atoms with van der Waals surface area (Å²) >= 11 is 0. The molecule has 2 aliphatic heterocycles. The first-order valence-corrected chi connectivity index (χ1v) is 9.90. The number of halogens is 1. The average Bonchev–Trinajstić information content (AvgIpc) is 2.59. The Morgan fingerprint density at radius 1 is 1.31 bits per heavy atom. The first kappa shape index (κ1) is 17.9. The molecule has 26 heavy (non-hydrogen) atoms. The summed E-state index contributed by atoms with van der Waals surface area (Å²) in [5.74, 6) is -1.40. The zero-order valence-electron chi connectivity index (χ0n) is 15.8. The number of likely N-dealkylation sites (tertiary alicyclic amines) is 1. The number of benzene rings is 1. The van der Waals surface area contributed by atoms with E-state index in [0.29, 0.717) is 30.5 Å². The summed E-state index contributed by atoms with van der Waals surface area (Å²) in [6.07, 6.45) is 6.77. The molecule has 5 heteroatoms. The van der Waals surface area contributed by atoms with Crippen LogP contribution in [0.3, 0.4) is 0 Å². The van der Waals surface area contributed by atoms with E-state index in [4.69, 9.17) is 0 Å². The van der Waals surface area contributed by atoms with Crippen molar-refractivity contribution in [3.8, 4) is 0 Å². The van der Waals surface area contributed by atoms with Crippen LogP contribution in [0.2, 0.25) is 0 Å². The molecular formula is C21H29FN2O2. The monoisotopic (exact) mass is 360 g/mol. The van der Waals surface area contributed by atoms with Crippen LogP contribution in [0.15, 0.2) is 12.1 Å². The largest absolute Gasteiger partial charge is 0.478 e. The number of carbonyl (C=O) groups is 1. The van der Waals surface area contributed by atoms with E-state index in [-0.39, 0.29) is 11.4 Å². The number of hydrogen-bond donors (Lipinski definition) is 1. The number of rotatable bonds is 3. The van der Waals surface area contributed by atoms with Gasteiger partial charge in [0.05, 0.1) is 5.56 Å². The van der Waals surface area contributed by atoms with Crippen molar-refractivity contribution in [3.05, 3.63) is 34.6 Å². The molecule has 2 fully saturated rings.